The molecule has 3 atom stereocenters. The molecule has 4 heteroatoms. The molecule has 26 heavy (non-hydrogen) atoms. The van der Waals surface area contributed by atoms with Gasteiger partial charge in [-0.3, -0.25) is 0 Å². The molecule has 0 aromatic rings. The first kappa shape index (κ1) is 23.4. The average Bonchev–Trinajstić information content (AvgIpc) is 2.53. The van der Waals surface area contributed by atoms with Crippen LogP contribution in [-0.4, -0.2) is 40.8 Å². The van der Waals surface area contributed by atoms with Gasteiger partial charge in [-0.1, -0.05) is 63.6 Å². The van der Waals surface area contributed by atoms with Gasteiger partial charge in [-0.05, 0) is 37.9 Å². The maximum absolute atomic E-state index is 6.83. The maximum Gasteiger partial charge on any atom is 0.192 e. The lowest BCUT2D eigenvalue weighted by molar-refractivity contribution is 0.00552. The van der Waals surface area contributed by atoms with Crippen LogP contribution in [-0.2, 0) is 13.9 Å². The summed E-state index contributed by atoms with van der Waals surface area (Å²) in [6.45, 7) is 17.2. The van der Waals surface area contributed by atoms with E-state index < -0.39 is 8.32 Å². The standard InChI is InChI=1S/C22H40O3Si/c1-18-16-19(2)21(25-26(7,8)22(3,4)5)20(23-6)14-12-10-9-11-13-15-24-17-18/h11-14,16,19-21H,9-10,15,17H2,1-8H3/b13-11+,14-12+,18-16-/t19-,20+,21+/m1/s1. The Hall–Kier alpha value is -0.683. The molecule has 0 unspecified atom stereocenters. The van der Waals surface area contributed by atoms with Gasteiger partial charge in [0.2, 0.25) is 0 Å². The van der Waals surface area contributed by atoms with Crippen LogP contribution in [0.15, 0.2) is 36.0 Å². The maximum atomic E-state index is 6.83. The fourth-order valence-electron chi connectivity index (χ4n) is 2.80. The summed E-state index contributed by atoms with van der Waals surface area (Å²) < 4.78 is 18.4. The van der Waals surface area contributed by atoms with Gasteiger partial charge < -0.3 is 13.9 Å². The molecule has 0 saturated heterocycles. The van der Waals surface area contributed by atoms with E-state index in [-0.39, 0.29) is 23.2 Å². The molecule has 1 aliphatic heterocycles. The van der Waals surface area contributed by atoms with Gasteiger partial charge in [0.05, 0.1) is 19.3 Å². The predicted molar refractivity (Wildman–Crippen MR) is 114 cm³/mol. The number of methoxy groups -OCH3 is 1. The minimum Gasteiger partial charge on any atom is -0.410 e. The Morgan fingerprint density at radius 1 is 1.12 bits per heavy atom. The number of allylic oxidation sites excluding steroid dienone is 2. The van der Waals surface area contributed by atoms with E-state index in [1.165, 1.54) is 5.57 Å². The van der Waals surface area contributed by atoms with Crippen molar-refractivity contribution >= 4 is 8.32 Å². The molecule has 0 fully saturated rings. The third kappa shape index (κ3) is 7.51. The van der Waals surface area contributed by atoms with Crippen LogP contribution in [0.1, 0.15) is 47.5 Å². The third-order valence-corrected chi connectivity index (χ3v) is 9.91. The summed E-state index contributed by atoms with van der Waals surface area (Å²) in [6.07, 6.45) is 13.0. The van der Waals surface area contributed by atoms with Crippen molar-refractivity contribution in [2.24, 2.45) is 5.92 Å². The van der Waals surface area contributed by atoms with E-state index >= 15 is 0 Å². The SMILES string of the molecule is CO[C@H]1/C=C/CC/C=C/COC/C(C)=C\[C@@H](C)[C@@H]1O[Si](C)(C)C(C)(C)C. The highest BCUT2D eigenvalue weighted by atomic mass is 28.4. The van der Waals surface area contributed by atoms with Crippen LogP contribution in [0.25, 0.3) is 0 Å². The zero-order chi connectivity index (χ0) is 19.8. The molecule has 150 valence electrons. The first-order chi connectivity index (χ1) is 12.1. The Bertz CT molecular complexity index is 500. The van der Waals surface area contributed by atoms with Gasteiger partial charge in [-0.2, -0.15) is 0 Å². The second-order valence-corrected chi connectivity index (χ2v) is 13.7. The lowest BCUT2D eigenvalue weighted by Crippen LogP contribution is -2.49. The van der Waals surface area contributed by atoms with Gasteiger partial charge in [0.25, 0.3) is 0 Å². The number of rotatable bonds is 3. The minimum atomic E-state index is -1.91. The Morgan fingerprint density at radius 2 is 1.77 bits per heavy atom. The molecule has 0 bridgehead atoms. The summed E-state index contributed by atoms with van der Waals surface area (Å²) in [4.78, 5) is 0. The highest BCUT2D eigenvalue weighted by Crippen LogP contribution is 2.39. The van der Waals surface area contributed by atoms with Crippen molar-refractivity contribution in [3.05, 3.63) is 36.0 Å². The van der Waals surface area contributed by atoms with Crippen molar-refractivity contribution in [3.63, 3.8) is 0 Å². The van der Waals surface area contributed by atoms with Gasteiger partial charge in [-0.15, -0.1) is 0 Å². The highest BCUT2D eigenvalue weighted by Gasteiger charge is 2.41. The fraction of sp³-hybridized carbons (Fsp3) is 0.727. The van der Waals surface area contributed by atoms with Gasteiger partial charge in [0.15, 0.2) is 8.32 Å². The molecule has 0 spiro atoms. The van der Waals surface area contributed by atoms with E-state index in [0.717, 1.165) is 12.8 Å². The lowest BCUT2D eigenvalue weighted by atomic mass is 9.96. The number of hydrogen-bond acceptors (Lipinski definition) is 3. The van der Waals surface area contributed by atoms with Crippen molar-refractivity contribution in [3.8, 4) is 0 Å². The largest absolute Gasteiger partial charge is 0.410 e. The first-order valence-corrected chi connectivity index (χ1v) is 12.8. The molecule has 0 N–H and O–H groups in total. The third-order valence-electron chi connectivity index (χ3n) is 5.43. The van der Waals surface area contributed by atoms with Gasteiger partial charge >= 0.3 is 0 Å². The average molecular weight is 381 g/mol. The molecule has 1 aliphatic rings. The van der Waals surface area contributed by atoms with Crippen molar-refractivity contribution in [1.29, 1.82) is 0 Å². The van der Waals surface area contributed by atoms with Crippen molar-refractivity contribution < 1.29 is 13.9 Å². The van der Waals surface area contributed by atoms with Crippen LogP contribution in [0.5, 0.6) is 0 Å². The van der Waals surface area contributed by atoms with Crippen LogP contribution in [0, 0.1) is 5.92 Å². The molecule has 1 heterocycles. The summed E-state index contributed by atoms with van der Waals surface area (Å²) in [5, 5.41) is 0.167. The molecule has 0 aromatic heterocycles. The molecular formula is C22H40O3Si. The Labute approximate surface area is 162 Å². The summed E-state index contributed by atoms with van der Waals surface area (Å²) in [5.41, 5.74) is 1.24. The van der Waals surface area contributed by atoms with Crippen LogP contribution in [0.3, 0.4) is 0 Å². The zero-order valence-corrected chi connectivity index (χ0v) is 19.2. The molecule has 1 rings (SSSR count). The quantitative estimate of drug-likeness (QED) is 0.451. The monoisotopic (exact) mass is 380 g/mol. The van der Waals surface area contributed by atoms with E-state index in [9.17, 15) is 0 Å². The molecule has 0 aromatic carbocycles. The van der Waals surface area contributed by atoms with Gasteiger partial charge in [-0.25, -0.2) is 0 Å². The summed E-state index contributed by atoms with van der Waals surface area (Å²) in [6, 6.07) is 0. The van der Waals surface area contributed by atoms with Gasteiger partial charge in [0, 0.05) is 13.0 Å². The lowest BCUT2D eigenvalue weighted by Gasteiger charge is -2.42. The molecule has 0 aliphatic carbocycles. The van der Waals surface area contributed by atoms with E-state index in [2.05, 4.69) is 78.1 Å². The Balaban J connectivity index is 3.14. The number of hydrogen-bond donors (Lipinski definition) is 0. The second kappa shape index (κ2) is 10.6. The van der Waals surface area contributed by atoms with Crippen molar-refractivity contribution in [1.82, 2.24) is 0 Å². The fourth-order valence-corrected chi connectivity index (χ4v) is 4.18. The van der Waals surface area contributed by atoms with E-state index in [1.54, 1.807) is 7.11 Å². The normalized spacial score (nSPS) is 31.5. The zero-order valence-electron chi connectivity index (χ0n) is 18.2. The van der Waals surface area contributed by atoms with E-state index in [0.29, 0.717) is 13.2 Å². The molecule has 0 radical (unpaired) electrons. The smallest absolute Gasteiger partial charge is 0.192 e. The van der Waals surface area contributed by atoms with Crippen molar-refractivity contribution in [2.45, 2.75) is 77.8 Å². The van der Waals surface area contributed by atoms with E-state index in [4.69, 9.17) is 13.9 Å². The van der Waals surface area contributed by atoms with Crippen LogP contribution < -0.4 is 0 Å². The highest BCUT2D eigenvalue weighted by molar-refractivity contribution is 6.74. The molecule has 0 amide bonds. The summed E-state index contributed by atoms with van der Waals surface area (Å²) in [5.74, 6) is 0.251. The predicted octanol–water partition coefficient (Wildman–Crippen LogP) is 5.90. The molecule has 3 nitrogen and oxygen atoms in total. The summed E-state index contributed by atoms with van der Waals surface area (Å²) >= 11 is 0. The Morgan fingerprint density at radius 3 is 2.38 bits per heavy atom. The first-order valence-electron chi connectivity index (χ1n) is 9.86. The minimum absolute atomic E-state index is 0.00516. The Kier molecular flexibility index (Phi) is 9.52. The molecule has 0 saturated carbocycles. The van der Waals surface area contributed by atoms with Crippen molar-refractivity contribution in [2.75, 3.05) is 20.3 Å². The topological polar surface area (TPSA) is 27.7 Å². The van der Waals surface area contributed by atoms with Crippen LogP contribution >= 0.6 is 0 Å². The van der Waals surface area contributed by atoms with Crippen LogP contribution in [0.2, 0.25) is 18.1 Å². The van der Waals surface area contributed by atoms with Crippen LogP contribution in [0.4, 0.5) is 0 Å². The second-order valence-electron chi connectivity index (χ2n) is 8.91. The van der Waals surface area contributed by atoms with Gasteiger partial charge in [0.1, 0.15) is 6.10 Å². The number of ether oxygens (including phenoxy) is 2. The van der Waals surface area contributed by atoms with E-state index in [1.807, 2.05) is 0 Å². The summed E-state index contributed by atoms with van der Waals surface area (Å²) in [7, 11) is -0.124. The molecular weight excluding hydrogens is 340 g/mol.